The van der Waals surface area contributed by atoms with Gasteiger partial charge in [-0.15, -0.1) is 0 Å². The number of pyridine rings is 1. The highest BCUT2D eigenvalue weighted by atomic mass is 19.1. The lowest BCUT2D eigenvalue weighted by molar-refractivity contribution is -0.141. The van der Waals surface area contributed by atoms with Crippen LogP contribution in [0.25, 0.3) is 10.9 Å². The summed E-state index contributed by atoms with van der Waals surface area (Å²) in [6, 6.07) is 11.8. The number of rotatable bonds is 10. The van der Waals surface area contributed by atoms with Gasteiger partial charge in [0.2, 0.25) is 11.8 Å². The number of benzene rings is 2. The second-order valence-corrected chi connectivity index (χ2v) is 10.7. The van der Waals surface area contributed by atoms with Crippen molar-refractivity contribution in [3.63, 3.8) is 0 Å². The average Bonchev–Trinajstić information content (AvgIpc) is 3.82. The summed E-state index contributed by atoms with van der Waals surface area (Å²) in [6.07, 6.45) is 4.46. The van der Waals surface area contributed by atoms with Crippen LogP contribution in [-0.4, -0.2) is 60.5 Å². The molecule has 5 rings (SSSR count). The minimum absolute atomic E-state index is 0.123. The van der Waals surface area contributed by atoms with Crippen LogP contribution in [0.2, 0.25) is 0 Å². The number of aromatic nitrogens is 1. The van der Waals surface area contributed by atoms with Crippen molar-refractivity contribution in [2.24, 2.45) is 5.92 Å². The summed E-state index contributed by atoms with van der Waals surface area (Å²) in [5.41, 5.74) is 1.44. The maximum atomic E-state index is 13.4. The monoisotopic (exact) mass is 562 g/mol. The Hall–Kier alpha value is -4.21. The van der Waals surface area contributed by atoms with Gasteiger partial charge in [-0.2, -0.15) is 0 Å². The zero-order valence-electron chi connectivity index (χ0n) is 23.3. The number of likely N-dealkylation sites (tertiary alicyclic amines) is 1. The third kappa shape index (κ3) is 6.93. The van der Waals surface area contributed by atoms with E-state index in [0.717, 1.165) is 31.2 Å². The zero-order chi connectivity index (χ0) is 28.9. The summed E-state index contributed by atoms with van der Waals surface area (Å²) in [5, 5.41) is 6.26. The van der Waals surface area contributed by atoms with E-state index in [0.29, 0.717) is 47.9 Å². The molecule has 2 aliphatic rings. The molecule has 41 heavy (non-hydrogen) atoms. The summed E-state index contributed by atoms with van der Waals surface area (Å²) < 4.78 is 24.9. The van der Waals surface area contributed by atoms with Gasteiger partial charge in [0.1, 0.15) is 29.1 Å². The number of hydrogen-bond donors (Lipinski definition) is 2. The summed E-state index contributed by atoms with van der Waals surface area (Å²) in [6.45, 7) is 2.69. The molecule has 3 aromatic rings. The maximum absolute atomic E-state index is 13.4. The van der Waals surface area contributed by atoms with Gasteiger partial charge in [-0.1, -0.05) is 6.07 Å². The van der Waals surface area contributed by atoms with Crippen LogP contribution in [0.15, 0.2) is 48.5 Å². The molecule has 1 aliphatic carbocycles. The molecule has 0 unspecified atom stereocenters. The number of hydrogen-bond acceptors (Lipinski definition) is 6. The van der Waals surface area contributed by atoms with Crippen LogP contribution in [0.1, 0.15) is 61.1 Å². The number of halogens is 1. The molecule has 1 saturated carbocycles. The smallest absolute Gasteiger partial charge is 0.270 e. The van der Waals surface area contributed by atoms with Crippen molar-refractivity contribution in [3.05, 3.63) is 65.6 Å². The molecule has 0 radical (unpaired) electrons. The number of methoxy groups -OCH3 is 1. The highest BCUT2D eigenvalue weighted by Crippen LogP contribution is 2.34. The number of carbonyl (C=O) groups excluding carboxylic acids is 3. The second kappa shape index (κ2) is 12.5. The fraction of sp³-hybridized carbons (Fsp3) is 0.419. The number of fused-ring (bicyclic) bond motifs is 1. The molecule has 3 amide bonds. The van der Waals surface area contributed by atoms with Crippen molar-refractivity contribution < 1.29 is 28.2 Å². The van der Waals surface area contributed by atoms with Gasteiger partial charge in [0.05, 0.1) is 31.8 Å². The number of piperidine rings is 1. The first kappa shape index (κ1) is 28.3. The molecule has 9 nitrogen and oxygen atoms in total. The van der Waals surface area contributed by atoms with Gasteiger partial charge < -0.3 is 25.0 Å². The van der Waals surface area contributed by atoms with Crippen molar-refractivity contribution >= 4 is 28.6 Å². The molecular weight excluding hydrogens is 527 g/mol. The summed E-state index contributed by atoms with van der Waals surface area (Å²) >= 11 is 0. The average molecular weight is 563 g/mol. The summed E-state index contributed by atoms with van der Waals surface area (Å²) in [5.74, 6) is 0.434. The highest BCUT2D eigenvalue weighted by molar-refractivity contribution is 5.97. The topological polar surface area (TPSA) is 110 Å². The normalized spacial score (nSPS) is 17.5. The Morgan fingerprint density at radius 3 is 2.68 bits per heavy atom. The number of nitrogens with one attached hydrogen (secondary N) is 2. The zero-order valence-corrected chi connectivity index (χ0v) is 23.3. The lowest BCUT2D eigenvalue weighted by atomic mass is 10.00. The molecule has 10 heteroatoms. The van der Waals surface area contributed by atoms with Crippen molar-refractivity contribution in [3.8, 4) is 11.5 Å². The lowest BCUT2D eigenvalue weighted by Crippen LogP contribution is -2.54. The number of nitrogens with zero attached hydrogens (tertiary/aromatic N) is 2. The van der Waals surface area contributed by atoms with E-state index < -0.39 is 11.9 Å². The molecular formula is C31H35FN4O5. The van der Waals surface area contributed by atoms with E-state index in [2.05, 4.69) is 15.6 Å². The van der Waals surface area contributed by atoms with E-state index in [1.165, 1.54) is 24.3 Å². The summed E-state index contributed by atoms with van der Waals surface area (Å²) in [7, 11) is 1.60. The van der Waals surface area contributed by atoms with Crippen LogP contribution in [0.5, 0.6) is 11.5 Å². The first-order valence-corrected chi connectivity index (χ1v) is 14.1. The Labute approximate surface area is 238 Å². The fourth-order valence-electron chi connectivity index (χ4n) is 5.08. The lowest BCUT2D eigenvalue weighted by Gasteiger charge is -2.35. The Bertz CT molecular complexity index is 1440. The van der Waals surface area contributed by atoms with Crippen molar-refractivity contribution in [2.45, 2.75) is 51.1 Å². The number of carbonyl (C=O) groups is 3. The van der Waals surface area contributed by atoms with Gasteiger partial charge in [-0.05, 0) is 81.3 Å². The maximum Gasteiger partial charge on any atom is 0.270 e. The van der Waals surface area contributed by atoms with Crippen LogP contribution >= 0.6 is 0 Å². The SMILES string of the molecule is COc1ccc([C@H](C)NC(=O)[C@@H]2CCCCN2C(=O)CNC(=O)c2ccc3cc(F)ccc3n2)c(OCC2CC2)c1. The van der Waals surface area contributed by atoms with E-state index in [9.17, 15) is 18.8 Å². The van der Waals surface area contributed by atoms with E-state index in [1.54, 1.807) is 18.1 Å². The van der Waals surface area contributed by atoms with Crippen LogP contribution < -0.4 is 20.1 Å². The van der Waals surface area contributed by atoms with E-state index in [1.807, 2.05) is 25.1 Å². The van der Waals surface area contributed by atoms with Gasteiger partial charge in [0.25, 0.3) is 5.91 Å². The minimum atomic E-state index is -0.640. The molecule has 0 spiro atoms. The van der Waals surface area contributed by atoms with Gasteiger partial charge in [0, 0.05) is 23.6 Å². The van der Waals surface area contributed by atoms with Crippen LogP contribution in [0, 0.1) is 11.7 Å². The standard InChI is InChI=1S/C31H35FN4O5/c1-19(24-11-10-23(40-2)16-28(24)41-18-20-6-7-20)34-31(39)27-5-3-4-14-36(27)29(37)17-33-30(38)26-12-8-21-15-22(32)9-13-25(21)35-26/h8-13,15-16,19-20,27H,3-7,14,17-18H2,1-2H3,(H,33,38)(H,34,39)/t19-,27-/m0/s1. The largest absolute Gasteiger partial charge is 0.497 e. The molecule has 216 valence electrons. The first-order chi connectivity index (χ1) is 19.8. The third-order valence-corrected chi connectivity index (χ3v) is 7.63. The molecule has 2 atom stereocenters. The Morgan fingerprint density at radius 1 is 1.07 bits per heavy atom. The van der Waals surface area contributed by atoms with Gasteiger partial charge in [0.15, 0.2) is 0 Å². The molecule has 1 saturated heterocycles. The number of amides is 3. The van der Waals surface area contributed by atoms with Crippen LogP contribution in [0.3, 0.4) is 0 Å². The second-order valence-electron chi connectivity index (χ2n) is 10.7. The first-order valence-electron chi connectivity index (χ1n) is 14.1. The molecule has 2 heterocycles. The van der Waals surface area contributed by atoms with Crippen molar-refractivity contribution in [1.29, 1.82) is 0 Å². The van der Waals surface area contributed by atoms with Gasteiger partial charge in [-0.25, -0.2) is 9.37 Å². The molecule has 0 bridgehead atoms. The molecule has 2 fully saturated rings. The Morgan fingerprint density at radius 2 is 1.90 bits per heavy atom. The van der Waals surface area contributed by atoms with Crippen LogP contribution in [0.4, 0.5) is 4.39 Å². The third-order valence-electron chi connectivity index (χ3n) is 7.63. The van der Waals surface area contributed by atoms with Gasteiger partial charge >= 0.3 is 0 Å². The van der Waals surface area contributed by atoms with Crippen molar-refractivity contribution in [2.75, 3.05) is 26.8 Å². The fourth-order valence-corrected chi connectivity index (χ4v) is 5.08. The molecule has 1 aromatic heterocycles. The van der Waals surface area contributed by atoms with Gasteiger partial charge in [-0.3, -0.25) is 14.4 Å². The quantitative estimate of drug-likeness (QED) is 0.384. The Kier molecular flexibility index (Phi) is 8.66. The summed E-state index contributed by atoms with van der Waals surface area (Å²) in [4.78, 5) is 45.1. The number of ether oxygens (including phenoxy) is 2. The Balaban J connectivity index is 1.21. The van der Waals surface area contributed by atoms with E-state index in [4.69, 9.17) is 9.47 Å². The van der Waals surface area contributed by atoms with E-state index >= 15 is 0 Å². The molecule has 2 N–H and O–H groups in total. The minimum Gasteiger partial charge on any atom is -0.497 e. The van der Waals surface area contributed by atoms with E-state index in [-0.39, 0.29) is 35.9 Å². The molecule has 1 aliphatic heterocycles. The predicted molar refractivity (Wildman–Crippen MR) is 151 cm³/mol. The molecule has 2 aromatic carbocycles. The highest BCUT2D eigenvalue weighted by Gasteiger charge is 2.33. The predicted octanol–water partition coefficient (Wildman–Crippen LogP) is 4.16. The van der Waals surface area contributed by atoms with Crippen molar-refractivity contribution in [1.82, 2.24) is 20.5 Å². The van der Waals surface area contributed by atoms with Crippen LogP contribution in [-0.2, 0) is 9.59 Å².